The quantitative estimate of drug-likeness (QED) is 0.806. The van der Waals surface area contributed by atoms with E-state index in [1.54, 1.807) is 0 Å². The van der Waals surface area contributed by atoms with Crippen molar-refractivity contribution >= 4 is 0 Å². The van der Waals surface area contributed by atoms with Crippen LogP contribution in [0.1, 0.15) is 63.0 Å². The summed E-state index contributed by atoms with van der Waals surface area (Å²) < 4.78 is 5.82. The van der Waals surface area contributed by atoms with Crippen LogP contribution in [0.15, 0.2) is 24.3 Å². The summed E-state index contributed by atoms with van der Waals surface area (Å²) >= 11 is 0. The fourth-order valence-electron chi connectivity index (χ4n) is 4.60. The van der Waals surface area contributed by atoms with Crippen LogP contribution in [0.2, 0.25) is 0 Å². The standard InChI is InChI=1S/C20H31NO/c1-16(2)18-9-7-17(8-10-18)14-21-13-5-12-20(15-21)11-4-6-19(20)22-3/h7-10,16,19H,4-6,11-15H2,1-3H3/t19-,20-/m1/s1. The highest BCUT2D eigenvalue weighted by molar-refractivity contribution is 5.24. The number of methoxy groups -OCH3 is 1. The van der Waals surface area contributed by atoms with Crippen molar-refractivity contribution in [1.29, 1.82) is 0 Å². The van der Waals surface area contributed by atoms with E-state index in [1.807, 2.05) is 7.11 Å². The van der Waals surface area contributed by atoms with Gasteiger partial charge in [-0.15, -0.1) is 0 Å². The lowest BCUT2D eigenvalue weighted by atomic mass is 9.76. The molecule has 0 amide bonds. The van der Waals surface area contributed by atoms with Crippen molar-refractivity contribution in [1.82, 2.24) is 4.90 Å². The Kier molecular flexibility index (Phi) is 4.89. The second kappa shape index (κ2) is 6.72. The van der Waals surface area contributed by atoms with Gasteiger partial charge in [-0.05, 0) is 49.3 Å². The van der Waals surface area contributed by atoms with E-state index in [2.05, 4.69) is 43.0 Å². The van der Waals surface area contributed by atoms with Gasteiger partial charge in [-0.25, -0.2) is 0 Å². The summed E-state index contributed by atoms with van der Waals surface area (Å²) in [4.78, 5) is 2.66. The van der Waals surface area contributed by atoms with Gasteiger partial charge in [-0.1, -0.05) is 44.5 Å². The third kappa shape index (κ3) is 3.23. The molecule has 1 aliphatic heterocycles. The molecule has 1 aromatic carbocycles. The molecule has 2 nitrogen and oxygen atoms in total. The van der Waals surface area contributed by atoms with Crippen molar-refractivity contribution in [2.45, 2.75) is 64.5 Å². The smallest absolute Gasteiger partial charge is 0.0639 e. The minimum Gasteiger partial charge on any atom is -0.381 e. The molecule has 1 saturated heterocycles. The molecule has 0 unspecified atom stereocenters. The Morgan fingerprint density at radius 3 is 2.59 bits per heavy atom. The fourth-order valence-corrected chi connectivity index (χ4v) is 4.60. The van der Waals surface area contributed by atoms with Gasteiger partial charge in [0.2, 0.25) is 0 Å². The second-order valence-corrected chi connectivity index (χ2v) is 7.69. The van der Waals surface area contributed by atoms with Crippen molar-refractivity contribution in [2.24, 2.45) is 5.41 Å². The predicted molar refractivity (Wildman–Crippen MR) is 92.1 cm³/mol. The lowest BCUT2D eigenvalue weighted by Gasteiger charge is -2.43. The monoisotopic (exact) mass is 301 g/mol. The molecule has 2 atom stereocenters. The molecule has 0 aromatic heterocycles. The zero-order valence-electron chi connectivity index (χ0n) is 14.5. The van der Waals surface area contributed by atoms with Crippen LogP contribution in [-0.4, -0.2) is 31.2 Å². The first-order chi connectivity index (χ1) is 10.6. The molecule has 122 valence electrons. The van der Waals surface area contributed by atoms with Crippen LogP contribution >= 0.6 is 0 Å². The van der Waals surface area contributed by atoms with E-state index in [0.717, 1.165) is 6.54 Å². The Bertz CT molecular complexity index is 481. The van der Waals surface area contributed by atoms with Crippen LogP contribution in [0.5, 0.6) is 0 Å². The summed E-state index contributed by atoms with van der Waals surface area (Å²) in [5.74, 6) is 0.619. The minimum atomic E-state index is 0.435. The third-order valence-corrected chi connectivity index (χ3v) is 5.85. The minimum absolute atomic E-state index is 0.435. The van der Waals surface area contributed by atoms with Crippen molar-refractivity contribution in [3.8, 4) is 0 Å². The number of hydrogen-bond acceptors (Lipinski definition) is 2. The maximum Gasteiger partial charge on any atom is 0.0639 e. The van der Waals surface area contributed by atoms with E-state index >= 15 is 0 Å². The molecule has 1 spiro atoms. The SMILES string of the molecule is CO[C@@H]1CCC[C@]12CCCN(Cc1ccc(C(C)C)cc1)C2. The molecule has 0 bridgehead atoms. The predicted octanol–water partition coefficient (Wildman–Crippen LogP) is 4.59. The van der Waals surface area contributed by atoms with E-state index in [4.69, 9.17) is 4.74 Å². The van der Waals surface area contributed by atoms with Gasteiger partial charge in [0.25, 0.3) is 0 Å². The van der Waals surface area contributed by atoms with E-state index in [9.17, 15) is 0 Å². The molecule has 3 rings (SSSR count). The van der Waals surface area contributed by atoms with Gasteiger partial charge in [0, 0.05) is 25.6 Å². The molecular weight excluding hydrogens is 270 g/mol. The van der Waals surface area contributed by atoms with E-state index < -0.39 is 0 Å². The van der Waals surface area contributed by atoms with Crippen LogP contribution in [0, 0.1) is 5.41 Å². The van der Waals surface area contributed by atoms with Gasteiger partial charge in [0.1, 0.15) is 0 Å². The highest BCUT2D eigenvalue weighted by Crippen LogP contribution is 2.46. The first kappa shape index (κ1) is 16.0. The number of nitrogens with zero attached hydrogens (tertiary/aromatic N) is 1. The highest BCUT2D eigenvalue weighted by atomic mass is 16.5. The van der Waals surface area contributed by atoms with Crippen molar-refractivity contribution in [3.05, 3.63) is 35.4 Å². The van der Waals surface area contributed by atoms with Gasteiger partial charge in [0.15, 0.2) is 0 Å². The number of piperidine rings is 1. The van der Waals surface area contributed by atoms with Crippen LogP contribution in [0.25, 0.3) is 0 Å². The molecule has 2 aliphatic rings. The normalized spacial score (nSPS) is 29.5. The average Bonchev–Trinajstić information content (AvgIpc) is 2.89. The Hall–Kier alpha value is -0.860. The maximum atomic E-state index is 5.82. The lowest BCUT2D eigenvalue weighted by Crippen LogP contribution is -2.47. The summed E-state index contributed by atoms with van der Waals surface area (Å²) in [6, 6.07) is 9.23. The lowest BCUT2D eigenvalue weighted by molar-refractivity contribution is -0.0366. The molecule has 1 saturated carbocycles. The van der Waals surface area contributed by atoms with Gasteiger partial charge in [0.05, 0.1) is 6.10 Å². The van der Waals surface area contributed by atoms with E-state index in [-0.39, 0.29) is 0 Å². The number of rotatable bonds is 4. The average molecular weight is 301 g/mol. The molecule has 1 heterocycles. The molecule has 1 aliphatic carbocycles. The molecular formula is C20H31NO. The number of benzene rings is 1. The Morgan fingerprint density at radius 2 is 1.91 bits per heavy atom. The molecule has 1 aromatic rings. The number of likely N-dealkylation sites (tertiary alicyclic amines) is 1. The Labute approximate surface area is 135 Å². The topological polar surface area (TPSA) is 12.5 Å². The first-order valence-electron chi connectivity index (χ1n) is 8.97. The van der Waals surface area contributed by atoms with Gasteiger partial charge in [-0.3, -0.25) is 4.90 Å². The Balaban J connectivity index is 1.65. The van der Waals surface area contributed by atoms with Crippen LogP contribution in [0.3, 0.4) is 0 Å². The summed E-state index contributed by atoms with van der Waals surface area (Å²) in [5, 5.41) is 0. The first-order valence-corrected chi connectivity index (χ1v) is 8.97. The van der Waals surface area contributed by atoms with Crippen molar-refractivity contribution in [2.75, 3.05) is 20.2 Å². The number of hydrogen-bond donors (Lipinski definition) is 0. The Morgan fingerprint density at radius 1 is 1.18 bits per heavy atom. The summed E-state index contributed by atoms with van der Waals surface area (Å²) in [5.41, 5.74) is 3.33. The van der Waals surface area contributed by atoms with Gasteiger partial charge >= 0.3 is 0 Å². The fraction of sp³-hybridized carbons (Fsp3) is 0.700. The van der Waals surface area contributed by atoms with Crippen LogP contribution in [-0.2, 0) is 11.3 Å². The zero-order chi connectivity index (χ0) is 15.6. The number of ether oxygens (including phenoxy) is 1. The highest BCUT2D eigenvalue weighted by Gasteiger charge is 2.45. The second-order valence-electron chi connectivity index (χ2n) is 7.69. The van der Waals surface area contributed by atoms with Crippen LogP contribution < -0.4 is 0 Å². The van der Waals surface area contributed by atoms with Crippen LogP contribution in [0.4, 0.5) is 0 Å². The van der Waals surface area contributed by atoms with E-state index in [0.29, 0.717) is 17.4 Å². The molecule has 0 radical (unpaired) electrons. The molecule has 0 N–H and O–H groups in total. The molecule has 22 heavy (non-hydrogen) atoms. The third-order valence-electron chi connectivity index (χ3n) is 5.85. The van der Waals surface area contributed by atoms with E-state index in [1.165, 1.54) is 56.3 Å². The summed E-state index contributed by atoms with van der Waals surface area (Å²) in [6.45, 7) is 8.07. The zero-order valence-corrected chi connectivity index (χ0v) is 14.5. The largest absolute Gasteiger partial charge is 0.381 e. The summed E-state index contributed by atoms with van der Waals surface area (Å²) in [7, 11) is 1.90. The van der Waals surface area contributed by atoms with Gasteiger partial charge < -0.3 is 4.74 Å². The van der Waals surface area contributed by atoms with Crippen molar-refractivity contribution in [3.63, 3.8) is 0 Å². The van der Waals surface area contributed by atoms with Crippen molar-refractivity contribution < 1.29 is 4.74 Å². The van der Waals surface area contributed by atoms with Gasteiger partial charge in [-0.2, -0.15) is 0 Å². The summed E-state index contributed by atoms with van der Waals surface area (Å²) in [6.07, 6.45) is 7.12. The molecule has 2 fully saturated rings. The maximum absolute atomic E-state index is 5.82. The molecule has 2 heteroatoms.